The van der Waals surface area contributed by atoms with Gasteiger partial charge in [0.05, 0.1) is 93.5 Å². The summed E-state index contributed by atoms with van der Waals surface area (Å²) in [7, 11) is -19.3. The van der Waals surface area contributed by atoms with E-state index in [0.29, 0.717) is 119 Å². The molecule has 0 spiro atoms. The fraction of sp³-hybridized carbons (Fsp3) is 0.299. The van der Waals surface area contributed by atoms with E-state index in [9.17, 15) is 84.3 Å². The number of hydrogen-bond acceptors (Lipinski definition) is 23. The maximum atomic E-state index is 13.0. The molecule has 15 rings (SSSR count). The molecule has 5 heterocycles. The van der Waals surface area contributed by atoms with Crippen LogP contribution in [0.15, 0.2) is 267 Å². The summed E-state index contributed by atoms with van der Waals surface area (Å²) < 4.78 is 187. The number of para-hydroxylation sites is 4. The number of nitrogens with one attached hydrogen (secondary N) is 4. The Morgan fingerprint density at radius 2 is 0.640 bits per heavy atom. The summed E-state index contributed by atoms with van der Waals surface area (Å²) in [6, 6.07) is 64.3. The van der Waals surface area contributed by atoms with E-state index in [4.69, 9.17) is 23.7 Å². The summed E-state index contributed by atoms with van der Waals surface area (Å²) in [6.07, 6.45) is 0.895. The Morgan fingerprint density at radius 3 is 0.993 bits per heavy atom. The second-order valence-electron chi connectivity index (χ2n) is 31.3. The maximum Gasteiger partial charge on any atom is 0.255 e. The van der Waals surface area contributed by atoms with Gasteiger partial charge in [-0.25, -0.2) is 46.5 Å². The van der Waals surface area contributed by atoms with Crippen molar-refractivity contribution in [2.75, 3.05) is 165 Å². The highest BCUT2D eigenvalue weighted by Gasteiger charge is 2.36. The normalized spacial score (nSPS) is 15.7. The number of ketones is 3. The zero-order valence-corrected chi connectivity index (χ0v) is 79.6. The van der Waals surface area contributed by atoms with E-state index in [2.05, 4.69) is 27.1 Å². The van der Waals surface area contributed by atoms with Gasteiger partial charge in [0.15, 0.2) is 17.3 Å². The molecule has 136 heavy (non-hydrogen) atoms. The number of benzene rings is 10. The quantitative estimate of drug-likeness (QED) is 0.0274. The number of methoxy groups -OCH3 is 1. The third-order valence-electron chi connectivity index (χ3n) is 21.9. The van der Waals surface area contributed by atoms with Crippen molar-refractivity contribution < 1.29 is 108 Å². The molecule has 724 valence electrons. The lowest BCUT2D eigenvalue weighted by molar-refractivity contribution is -0.115. The number of Topliss-reactive ketones (excluding diaryl/α,β-unsaturated/α-hetero) is 3. The molecule has 0 unspecified atom stereocenters. The predicted octanol–water partition coefficient (Wildman–Crippen LogP) is 11.3. The zero-order valence-electron chi connectivity index (χ0n) is 74.7. The molecule has 0 atom stereocenters. The first-order chi connectivity index (χ1) is 64.5. The molecule has 5 saturated heterocycles. The molecular formula is C97H110FN9O23S6. The minimum atomic E-state index is -3.87. The minimum Gasteiger partial charge on any atom is -0.384 e. The summed E-state index contributed by atoms with van der Waals surface area (Å²) in [5.74, 6) is 1.66. The van der Waals surface area contributed by atoms with Crippen LogP contribution >= 0.6 is 0 Å². The lowest BCUT2D eigenvalue weighted by atomic mass is 10.0. The summed E-state index contributed by atoms with van der Waals surface area (Å²) in [4.78, 5) is 85.6. The molecule has 5 aliphatic heterocycles. The molecule has 10 aromatic rings. The van der Waals surface area contributed by atoms with Gasteiger partial charge in [-0.15, -0.1) is 0 Å². The minimum absolute atomic E-state index is 0. The van der Waals surface area contributed by atoms with Gasteiger partial charge < -0.3 is 45.0 Å². The zero-order chi connectivity index (χ0) is 97.1. The third-order valence-corrected chi connectivity index (χ3v) is 33.5. The number of carbonyl (C=O) groups excluding carboxylic acids is 7. The van der Waals surface area contributed by atoms with Crippen LogP contribution in [-0.2, 0) is 107 Å². The standard InChI is InChI=1S/C20H24N2O5S.C20H22N2O5S.C19H20N2O5S.C19H21NO4S.C18H19FN2O4S2.CH4/c1-26-13-10-16-6-8-17(9-7-16)20(23)21-18-4-2-3-5-19(18)28(24,25)22-11-14-27-15-12-22;1-15(23)17-8-6-16(7-9-17)14-20(24)21-18-4-2-3-5-19(18)28(25,26)22-10-12-27-13-11-22;1-14(22)15-6-8-16(9-7-15)19(23)20-17-4-2-3-5-18(17)27(24,25)21-10-12-26-13-11-21;1-15-6-8-16(9-7-15)18(21)14-17-4-2-3-5-19(17)25(22,23)20-10-12-24-13-11-20;1-26(23)12-10-21(11-13-26)27(24,25)17-5-3-2-4-16(17)20-18(22)14-6-8-15(19)9-7-14;/h2-9H,10-15H2,1H3,(H,21,23);2-9H,10-14H2,1H3,(H,21,24);2-9H,10-13H2,1H3,(H,20,23);2-9H,10-14H2,1H3;2-9H,1,10-13H2,(H,20,22);1H4. The second kappa shape index (κ2) is 49.4. The Hall–Kier alpha value is -11.6. The highest BCUT2D eigenvalue weighted by molar-refractivity contribution is 8.00. The number of nitrogens with zero attached hydrogens (tertiary/aromatic N) is 5. The first-order valence-corrected chi connectivity index (χ1v) is 52.2. The molecule has 4 N–H and O–H groups in total. The van der Waals surface area contributed by atoms with Gasteiger partial charge in [0, 0.05) is 124 Å². The Morgan fingerprint density at radius 1 is 0.360 bits per heavy atom. The number of carbonyl (C=O) groups is 7. The van der Waals surface area contributed by atoms with Crippen LogP contribution in [0.25, 0.3) is 0 Å². The topological polar surface area (TPSA) is 418 Å². The number of morpholine rings is 4. The van der Waals surface area contributed by atoms with Crippen molar-refractivity contribution in [3.8, 4) is 0 Å². The number of rotatable bonds is 27. The summed E-state index contributed by atoms with van der Waals surface area (Å²) in [5.41, 5.74) is 6.92. The Kier molecular flexibility index (Phi) is 38.7. The molecular weight excluding hydrogens is 1870 g/mol. The lowest BCUT2D eigenvalue weighted by Gasteiger charge is -2.28. The monoisotopic (exact) mass is 1980 g/mol. The van der Waals surface area contributed by atoms with Gasteiger partial charge >= 0.3 is 0 Å². The molecule has 4 amide bonds. The first-order valence-electron chi connectivity index (χ1n) is 42.9. The number of aryl methyl sites for hydroxylation is 1. The third kappa shape index (κ3) is 29.0. The highest BCUT2D eigenvalue weighted by Crippen LogP contribution is 2.32. The van der Waals surface area contributed by atoms with Crippen LogP contribution in [0.5, 0.6) is 0 Å². The van der Waals surface area contributed by atoms with Gasteiger partial charge in [0.2, 0.25) is 56.0 Å². The summed E-state index contributed by atoms with van der Waals surface area (Å²) in [6.45, 7) is 11.0. The predicted molar refractivity (Wildman–Crippen MR) is 518 cm³/mol. The number of anilines is 4. The van der Waals surface area contributed by atoms with Gasteiger partial charge in [-0.05, 0) is 162 Å². The van der Waals surface area contributed by atoms with Crippen LogP contribution < -0.4 is 21.3 Å². The van der Waals surface area contributed by atoms with Gasteiger partial charge in [0.1, 0.15) is 25.4 Å². The van der Waals surface area contributed by atoms with Crippen molar-refractivity contribution in [1.82, 2.24) is 21.5 Å². The molecule has 0 saturated carbocycles. The van der Waals surface area contributed by atoms with Crippen LogP contribution in [0, 0.1) is 12.7 Å². The van der Waals surface area contributed by atoms with E-state index in [1.54, 1.807) is 159 Å². The van der Waals surface area contributed by atoms with E-state index in [1.165, 1.54) is 90.0 Å². The first kappa shape index (κ1) is 106. The van der Waals surface area contributed by atoms with E-state index in [1.807, 2.05) is 31.2 Å². The van der Waals surface area contributed by atoms with Crippen LogP contribution in [0.1, 0.15) is 106 Å². The van der Waals surface area contributed by atoms with Crippen LogP contribution in [0.4, 0.5) is 27.1 Å². The number of ether oxygens (including phenoxy) is 5. The number of hydrogen-bond donors (Lipinski definition) is 4. The molecule has 5 fully saturated rings. The van der Waals surface area contributed by atoms with Crippen LogP contribution in [0.2, 0.25) is 0 Å². The van der Waals surface area contributed by atoms with Crippen molar-refractivity contribution in [3.05, 3.63) is 304 Å². The van der Waals surface area contributed by atoms with E-state index in [-0.39, 0.29) is 153 Å². The second-order valence-corrected chi connectivity index (χ2v) is 43.6. The van der Waals surface area contributed by atoms with E-state index >= 15 is 0 Å². The molecule has 0 aliphatic carbocycles. The number of amides is 4. The fourth-order valence-corrected chi connectivity index (χ4v) is 23.7. The molecule has 32 nitrogen and oxygen atoms in total. The molecule has 0 bridgehead atoms. The van der Waals surface area contributed by atoms with Gasteiger partial charge in [-0.2, -0.15) is 21.5 Å². The van der Waals surface area contributed by atoms with Gasteiger partial charge in [-0.1, -0.05) is 153 Å². The van der Waals surface area contributed by atoms with E-state index in [0.717, 1.165) is 35.2 Å². The van der Waals surface area contributed by atoms with Crippen LogP contribution in [-0.4, -0.2) is 258 Å². The SMILES string of the molecule is C.C=S1(=O)CCN(S(=O)(=O)c2ccccc2NC(=O)c2ccc(F)cc2)CC1.CC(=O)c1ccc(C(=O)Nc2ccccc2S(=O)(=O)N2CCOCC2)cc1.CC(=O)c1ccc(CC(=O)Nc2ccccc2S(=O)(=O)N2CCOCC2)cc1.COCCc1ccc(C(=O)Nc2ccccc2S(=O)(=O)N2CCOCC2)cc1.Cc1ccc(C(=O)Cc2ccccc2S(=O)(=O)N2CCOCC2)cc1. The Labute approximate surface area is 794 Å². The van der Waals surface area contributed by atoms with Gasteiger partial charge in [0.25, 0.3) is 17.7 Å². The molecule has 39 heteroatoms. The lowest BCUT2D eigenvalue weighted by Crippen LogP contribution is -2.43. The van der Waals surface area contributed by atoms with Crippen molar-refractivity contribution in [1.29, 1.82) is 0 Å². The van der Waals surface area contributed by atoms with Crippen molar-refractivity contribution in [2.45, 2.75) is 71.9 Å². The number of halogens is 1. The maximum absolute atomic E-state index is 13.0. The average Bonchev–Trinajstić information content (AvgIpc) is 0.811. The average molecular weight is 1980 g/mol. The Bertz CT molecular complexity index is 6570. The summed E-state index contributed by atoms with van der Waals surface area (Å²) in [5, 5.41) is 10.7. The highest BCUT2D eigenvalue weighted by atomic mass is 32.2. The summed E-state index contributed by atoms with van der Waals surface area (Å²) >= 11 is 0. The number of sulfonamides is 5. The van der Waals surface area contributed by atoms with Crippen molar-refractivity contribution in [2.24, 2.45) is 0 Å². The largest absolute Gasteiger partial charge is 0.384 e. The van der Waals surface area contributed by atoms with Crippen molar-refractivity contribution >= 4 is 129 Å². The Balaban J connectivity index is 0.000000175. The molecule has 10 aromatic carbocycles. The molecule has 0 aromatic heterocycles. The van der Waals surface area contributed by atoms with E-state index < -0.39 is 77.3 Å². The van der Waals surface area contributed by atoms with Crippen molar-refractivity contribution in [3.63, 3.8) is 0 Å². The fourth-order valence-electron chi connectivity index (χ4n) is 14.3. The molecule has 5 aliphatic rings. The van der Waals surface area contributed by atoms with Gasteiger partial charge in [-0.3, -0.25) is 37.8 Å². The smallest absolute Gasteiger partial charge is 0.255 e. The molecule has 0 radical (unpaired) electrons. The van der Waals surface area contributed by atoms with Crippen LogP contribution in [0.3, 0.4) is 0 Å².